The van der Waals surface area contributed by atoms with Gasteiger partial charge in [0.2, 0.25) is 0 Å². The number of benzene rings is 1. The van der Waals surface area contributed by atoms with Gasteiger partial charge in [0.25, 0.3) is 0 Å². The van der Waals surface area contributed by atoms with E-state index >= 15 is 0 Å². The SMILES string of the molecule is CCc1cccc(CC)c1NC(=O)N1CCN(CCN(C)C)CC1. The monoisotopic (exact) mass is 332 g/mol. The van der Waals surface area contributed by atoms with Crippen molar-refractivity contribution < 1.29 is 4.79 Å². The van der Waals surface area contributed by atoms with Crippen molar-refractivity contribution in [2.75, 3.05) is 58.7 Å². The third kappa shape index (κ3) is 4.95. The number of aryl methyl sites for hydroxylation is 2. The summed E-state index contributed by atoms with van der Waals surface area (Å²) in [6.07, 6.45) is 1.86. The van der Waals surface area contributed by atoms with Crippen LogP contribution in [0.2, 0.25) is 0 Å². The molecule has 1 aromatic rings. The van der Waals surface area contributed by atoms with E-state index in [1.54, 1.807) is 0 Å². The summed E-state index contributed by atoms with van der Waals surface area (Å²) in [5, 5.41) is 3.18. The van der Waals surface area contributed by atoms with Crippen molar-refractivity contribution in [3.05, 3.63) is 29.3 Å². The molecule has 0 radical (unpaired) electrons. The molecule has 0 spiro atoms. The molecule has 1 fully saturated rings. The fourth-order valence-corrected chi connectivity index (χ4v) is 3.11. The summed E-state index contributed by atoms with van der Waals surface area (Å²) in [7, 11) is 4.19. The van der Waals surface area contributed by atoms with Crippen LogP contribution in [-0.4, -0.2) is 74.1 Å². The average Bonchev–Trinajstić information content (AvgIpc) is 2.60. The first-order chi connectivity index (χ1) is 11.5. The van der Waals surface area contributed by atoms with E-state index in [2.05, 4.69) is 61.3 Å². The number of amides is 2. The fourth-order valence-electron chi connectivity index (χ4n) is 3.11. The Morgan fingerprint density at radius 3 is 2.17 bits per heavy atom. The lowest BCUT2D eigenvalue weighted by Crippen LogP contribution is -2.51. The molecule has 1 aliphatic rings. The van der Waals surface area contributed by atoms with E-state index in [0.717, 1.165) is 57.8 Å². The molecular formula is C19H32N4O. The lowest BCUT2D eigenvalue weighted by atomic mass is 10.0. The molecule has 0 atom stereocenters. The van der Waals surface area contributed by atoms with Crippen LogP contribution in [0.25, 0.3) is 0 Å². The second kappa shape index (κ2) is 9.04. The molecule has 0 bridgehead atoms. The van der Waals surface area contributed by atoms with Crippen LogP contribution in [0.4, 0.5) is 10.5 Å². The Morgan fingerprint density at radius 2 is 1.67 bits per heavy atom. The van der Waals surface area contributed by atoms with E-state index in [0.29, 0.717) is 0 Å². The van der Waals surface area contributed by atoms with Crippen LogP contribution in [0.15, 0.2) is 18.2 Å². The summed E-state index contributed by atoms with van der Waals surface area (Å²) in [5.74, 6) is 0. The molecule has 0 saturated carbocycles. The number of nitrogens with zero attached hydrogens (tertiary/aromatic N) is 3. The first kappa shape index (κ1) is 18.7. The Labute approximate surface area is 146 Å². The van der Waals surface area contributed by atoms with Gasteiger partial charge in [-0.2, -0.15) is 0 Å². The second-order valence-corrected chi connectivity index (χ2v) is 6.72. The summed E-state index contributed by atoms with van der Waals surface area (Å²) in [6, 6.07) is 6.33. The zero-order chi connectivity index (χ0) is 17.5. The molecule has 0 aliphatic carbocycles. The highest BCUT2D eigenvalue weighted by molar-refractivity contribution is 5.91. The molecule has 0 unspecified atom stereocenters. The number of carbonyl (C=O) groups excluding carboxylic acids is 1. The van der Waals surface area contributed by atoms with Crippen LogP contribution in [0.5, 0.6) is 0 Å². The van der Waals surface area contributed by atoms with Crippen molar-refractivity contribution in [3.8, 4) is 0 Å². The summed E-state index contributed by atoms with van der Waals surface area (Å²) < 4.78 is 0. The molecule has 1 heterocycles. The number of nitrogens with one attached hydrogen (secondary N) is 1. The molecule has 1 aromatic carbocycles. The minimum Gasteiger partial charge on any atom is -0.322 e. The summed E-state index contributed by atoms with van der Waals surface area (Å²) in [6.45, 7) is 9.91. The lowest BCUT2D eigenvalue weighted by Gasteiger charge is -2.35. The maximum atomic E-state index is 12.7. The molecule has 5 nitrogen and oxygen atoms in total. The summed E-state index contributed by atoms with van der Waals surface area (Å²) in [5.41, 5.74) is 3.45. The van der Waals surface area contributed by atoms with E-state index in [4.69, 9.17) is 0 Å². The normalized spacial score (nSPS) is 15.8. The third-order valence-electron chi connectivity index (χ3n) is 4.75. The molecule has 1 N–H and O–H groups in total. The quantitative estimate of drug-likeness (QED) is 0.870. The standard InChI is InChI=1S/C19H32N4O/c1-5-16-8-7-9-17(6-2)18(16)20-19(24)23-14-12-22(13-15-23)11-10-21(3)4/h7-9H,5-6,10-15H2,1-4H3,(H,20,24). The smallest absolute Gasteiger partial charge is 0.321 e. The number of carbonyl (C=O) groups is 1. The van der Waals surface area contributed by atoms with Gasteiger partial charge in [-0.25, -0.2) is 4.79 Å². The number of hydrogen-bond donors (Lipinski definition) is 1. The second-order valence-electron chi connectivity index (χ2n) is 6.72. The topological polar surface area (TPSA) is 38.8 Å². The molecule has 0 aromatic heterocycles. The first-order valence-corrected chi connectivity index (χ1v) is 9.08. The van der Waals surface area contributed by atoms with Crippen LogP contribution in [0, 0.1) is 0 Å². The van der Waals surface area contributed by atoms with Crippen molar-refractivity contribution >= 4 is 11.7 Å². The number of likely N-dealkylation sites (N-methyl/N-ethyl adjacent to an activating group) is 1. The average molecular weight is 332 g/mol. The zero-order valence-electron chi connectivity index (χ0n) is 15.6. The number of rotatable bonds is 6. The van der Waals surface area contributed by atoms with Gasteiger partial charge in [0, 0.05) is 45.0 Å². The number of anilines is 1. The van der Waals surface area contributed by atoms with Crippen molar-refractivity contribution in [2.45, 2.75) is 26.7 Å². The Kier molecular flexibility index (Phi) is 7.06. The first-order valence-electron chi connectivity index (χ1n) is 9.08. The van der Waals surface area contributed by atoms with E-state index in [1.165, 1.54) is 11.1 Å². The Bertz CT molecular complexity index is 514. The molecule has 1 aliphatic heterocycles. The Balaban J connectivity index is 1.92. The molecule has 2 rings (SSSR count). The van der Waals surface area contributed by atoms with Crippen LogP contribution < -0.4 is 5.32 Å². The van der Waals surface area contributed by atoms with Gasteiger partial charge in [-0.1, -0.05) is 32.0 Å². The van der Waals surface area contributed by atoms with E-state index in [9.17, 15) is 4.79 Å². The predicted octanol–water partition coefficient (Wildman–Crippen LogP) is 2.52. The highest BCUT2D eigenvalue weighted by Crippen LogP contribution is 2.23. The van der Waals surface area contributed by atoms with E-state index in [1.807, 2.05) is 4.90 Å². The van der Waals surface area contributed by atoms with Crippen LogP contribution >= 0.6 is 0 Å². The minimum atomic E-state index is 0.0397. The minimum absolute atomic E-state index is 0.0397. The molecule has 134 valence electrons. The van der Waals surface area contributed by atoms with Crippen LogP contribution in [0.1, 0.15) is 25.0 Å². The van der Waals surface area contributed by atoms with Crippen molar-refractivity contribution in [1.82, 2.24) is 14.7 Å². The Morgan fingerprint density at radius 1 is 1.08 bits per heavy atom. The maximum absolute atomic E-state index is 12.7. The largest absolute Gasteiger partial charge is 0.322 e. The van der Waals surface area contributed by atoms with Crippen molar-refractivity contribution in [2.24, 2.45) is 0 Å². The summed E-state index contributed by atoms with van der Waals surface area (Å²) >= 11 is 0. The number of hydrogen-bond acceptors (Lipinski definition) is 3. The fraction of sp³-hybridized carbons (Fsp3) is 0.632. The van der Waals surface area contributed by atoms with Crippen LogP contribution in [0.3, 0.4) is 0 Å². The molecular weight excluding hydrogens is 300 g/mol. The Hall–Kier alpha value is -1.59. The highest BCUT2D eigenvalue weighted by Gasteiger charge is 2.22. The molecule has 5 heteroatoms. The molecule has 1 saturated heterocycles. The lowest BCUT2D eigenvalue weighted by molar-refractivity contribution is 0.140. The van der Waals surface area contributed by atoms with Gasteiger partial charge >= 0.3 is 6.03 Å². The molecule has 2 amide bonds. The van der Waals surface area contributed by atoms with E-state index < -0.39 is 0 Å². The van der Waals surface area contributed by atoms with Gasteiger partial charge in [0.1, 0.15) is 0 Å². The highest BCUT2D eigenvalue weighted by atomic mass is 16.2. The van der Waals surface area contributed by atoms with Gasteiger partial charge in [-0.05, 0) is 38.1 Å². The summed E-state index contributed by atoms with van der Waals surface area (Å²) in [4.78, 5) is 19.2. The predicted molar refractivity (Wildman–Crippen MR) is 101 cm³/mol. The van der Waals surface area contributed by atoms with Gasteiger partial charge in [-0.15, -0.1) is 0 Å². The number of urea groups is 1. The number of para-hydroxylation sites is 1. The zero-order valence-corrected chi connectivity index (χ0v) is 15.6. The van der Waals surface area contributed by atoms with Gasteiger partial charge in [-0.3, -0.25) is 4.90 Å². The maximum Gasteiger partial charge on any atom is 0.321 e. The van der Waals surface area contributed by atoms with Crippen LogP contribution in [-0.2, 0) is 12.8 Å². The van der Waals surface area contributed by atoms with Crippen molar-refractivity contribution in [3.63, 3.8) is 0 Å². The molecule has 24 heavy (non-hydrogen) atoms. The van der Waals surface area contributed by atoms with Gasteiger partial charge in [0.15, 0.2) is 0 Å². The van der Waals surface area contributed by atoms with Gasteiger partial charge in [0.05, 0.1) is 0 Å². The van der Waals surface area contributed by atoms with E-state index in [-0.39, 0.29) is 6.03 Å². The van der Waals surface area contributed by atoms with Crippen molar-refractivity contribution in [1.29, 1.82) is 0 Å². The third-order valence-corrected chi connectivity index (χ3v) is 4.75. The number of piperazine rings is 1. The van der Waals surface area contributed by atoms with Gasteiger partial charge < -0.3 is 15.1 Å².